The Morgan fingerprint density at radius 2 is 1.93 bits per heavy atom. The van der Waals surface area contributed by atoms with E-state index in [4.69, 9.17) is 9.47 Å². The van der Waals surface area contributed by atoms with Gasteiger partial charge in [-0.15, -0.1) is 0 Å². The summed E-state index contributed by atoms with van der Waals surface area (Å²) in [7, 11) is 2.21. The summed E-state index contributed by atoms with van der Waals surface area (Å²) in [5, 5.41) is 10.5. The maximum absolute atomic E-state index is 10.2. The van der Waals surface area contributed by atoms with E-state index in [2.05, 4.69) is 19.5 Å². The fourth-order valence-corrected chi connectivity index (χ4v) is 3.57. The summed E-state index contributed by atoms with van der Waals surface area (Å²) in [6.07, 6.45) is 4.86. The topological polar surface area (TPSA) is 94.0 Å². The molecule has 9 heteroatoms. The summed E-state index contributed by atoms with van der Waals surface area (Å²) >= 11 is 0. The third kappa shape index (κ3) is 4.41. The maximum atomic E-state index is 10.2. The highest BCUT2D eigenvalue weighted by atomic mass is 16.5. The predicted octanol–water partition coefficient (Wildman–Crippen LogP) is 1.91. The monoisotopic (exact) mass is 373 g/mol. The molecular weight excluding hydrogens is 349 g/mol. The first-order valence-electron chi connectivity index (χ1n) is 9.05. The highest BCUT2D eigenvalue weighted by Gasteiger charge is 2.24. The number of benzene rings is 1. The van der Waals surface area contributed by atoms with Gasteiger partial charge >= 0.3 is 7.12 Å². The first-order valence-corrected chi connectivity index (χ1v) is 9.05. The Bertz CT molecular complexity index is 783. The molecule has 1 aromatic carbocycles. The Hall–Kier alpha value is -2.55. The van der Waals surface area contributed by atoms with E-state index in [1.54, 1.807) is 20.5 Å². The Balaban J connectivity index is 1.71. The van der Waals surface area contributed by atoms with Crippen LogP contribution >= 0.6 is 0 Å². The van der Waals surface area contributed by atoms with Crippen molar-refractivity contribution >= 4 is 30.3 Å². The molecule has 0 radical (unpaired) electrons. The van der Waals surface area contributed by atoms with E-state index in [-0.39, 0.29) is 6.47 Å². The van der Waals surface area contributed by atoms with Crippen LogP contribution in [0.4, 0.5) is 5.82 Å². The van der Waals surface area contributed by atoms with Crippen LogP contribution in [0, 0.1) is 5.92 Å². The fraction of sp³-hybridized carbons (Fsp3) is 0.500. The number of aromatic nitrogens is 2. The lowest BCUT2D eigenvalue weighted by Crippen LogP contribution is -2.34. The number of carbonyl (C=O) groups excluding carboxylic acids is 1. The lowest BCUT2D eigenvalue weighted by atomic mass is 9.78. The van der Waals surface area contributed by atoms with Crippen LogP contribution in [0.3, 0.4) is 0 Å². The lowest BCUT2D eigenvalue weighted by molar-refractivity contribution is -0.121. The zero-order chi connectivity index (χ0) is 19.2. The molecule has 0 unspecified atom stereocenters. The molecule has 1 saturated heterocycles. The minimum absolute atomic E-state index is 0.288. The van der Waals surface area contributed by atoms with Crippen LogP contribution in [0.1, 0.15) is 19.3 Å². The third-order valence-electron chi connectivity index (χ3n) is 5.07. The van der Waals surface area contributed by atoms with Gasteiger partial charge in [0.1, 0.15) is 12.1 Å². The summed E-state index contributed by atoms with van der Waals surface area (Å²) in [5.41, 5.74) is 0.814. The van der Waals surface area contributed by atoms with Gasteiger partial charge in [-0.3, -0.25) is 4.79 Å². The van der Waals surface area contributed by atoms with Crippen molar-refractivity contribution in [1.82, 2.24) is 9.97 Å². The summed E-state index contributed by atoms with van der Waals surface area (Å²) < 4.78 is 15.3. The SMILES string of the molecule is COc1cc2ncnc(N3CCC(CCB(O)OC=O)CC3)c2cc1OC. The molecule has 1 aromatic heterocycles. The molecule has 0 aliphatic carbocycles. The smallest absolute Gasteiger partial charge is 0.512 e. The molecule has 2 aromatic rings. The van der Waals surface area contributed by atoms with Crippen LogP contribution in [0.5, 0.6) is 11.5 Å². The van der Waals surface area contributed by atoms with E-state index in [0.717, 1.165) is 49.1 Å². The zero-order valence-corrected chi connectivity index (χ0v) is 15.6. The van der Waals surface area contributed by atoms with Gasteiger partial charge in [0, 0.05) is 24.5 Å². The van der Waals surface area contributed by atoms with Crippen LogP contribution in [-0.2, 0) is 9.45 Å². The van der Waals surface area contributed by atoms with Crippen molar-refractivity contribution in [3.8, 4) is 11.5 Å². The first-order chi connectivity index (χ1) is 13.2. The quantitative estimate of drug-likeness (QED) is 0.554. The van der Waals surface area contributed by atoms with Gasteiger partial charge in [0.2, 0.25) is 0 Å². The Labute approximate surface area is 158 Å². The summed E-state index contributed by atoms with van der Waals surface area (Å²) in [4.78, 5) is 21.4. The van der Waals surface area contributed by atoms with Crippen LogP contribution in [0.2, 0.25) is 6.32 Å². The van der Waals surface area contributed by atoms with Gasteiger partial charge in [0.05, 0.1) is 19.7 Å². The van der Waals surface area contributed by atoms with Crippen LogP contribution in [0.15, 0.2) is 18.5 Å². The maximum Gasteiger partial charge on any atom is 0.524 e. The van der Waals surface area contributed by atoms with Gasteiger partial charge in [-0.25, -0.2) is 9.97 Å². The second-order valence-electron chi connectivity index (χ2n) is 6.62. The lowest BCUT2D eigenvalue weighted by Gasteiger charge is -2.33. The molecular formula is C18H24BN3O5. The minimum atomic E-state index is -1.01. The second kappa shape index (κ2) is 8.90. The van der Waals surface area contributed by atoms with E-state index < -0.39 is 7.12 Å². The number of anilines is 1. The number of nitrogens with zero attached hydrogens (tertiary/aromatic N) is 3. The normalized spacial score (nSPS) is 14.9. The molecule has 0 atom stereocenters. The molecule has 0 amide bonds. The summed E-state index contributed by atoms with van der Waals surface area (Å²) in [6, 6.07) is 3.78. The number of hydrogen-bond acceptors (Lipinski definition) is 8. The van der Waals surface area contributed by atoms with Gasteiger partial charge in [-0.1, -0.05) is 6.42 Å². The largest absolute Gasteiger partial charge is 0.524 e. The molecule has 144 valence electrons. The number of methoxy groups -OCH3 is 2. The van der Waals surface area contributed by atoms with Crippen LogP contribution < -0.4 is 14.4 Å². The van der Waals surface area contributed by atoms with Crippen molar-refractivity contribution in [2.24, 2.45) is 5.92 Å². The van der Waals surface area contributed by atoms with E-state index in [9.17, 15) is 9.82 Å². The number of rotatable bonds is 8. The standard InChI is InChI=1S/C18H24BN3O5/c1-25-16-9-14-15(10-17(16)26-2)20-11-21-18(14)22-7-4-13(5-8-22)3-6-19(24)27-12-23/h9-13,24H,3-8H2,1-2H3. The number of ether oxygens (including phenoxy) is 2. The van der Waals surface area contributed by atoms with Crippen molar-refractivity contribution in [3.05, 3.63) is 18.5 Å². The fourth-order valence-electron chi connectivity index (χ4n) is 3.57. The van der Waals surface area contributed by atoms with Gasteiger partial charge in [0.25, 0.3) is 6.47 Å². The summed E-state index contributed by atoms with van der Waals surface area (Å²) in [5.74, 6) is 2.68. The predicted molar refractivity (Wildman–Crippen MR) is 102 cm³/mol. The van der Waals surface area contributed by atoms with E-state index >= 15 is 0 Å². The third-order valence-corrected chi connectivity index (χ3v) is 5.07. The van der Waals surface area contributed by atoms with Crippen molar-refractivity contribution in [2.45, 2.75) is 25.6 Å². The van der Waals surface area contributed by atoms with Crippen molar-refractivity contribution in [1.29, 1.82) is 0 Å². The van der Waals surface area contributed by atoms with Crippen molar-refractivity contribution in [3.63, 3.8) is 0 Å². The number of fused-ring (bicyclic) bond motifs is 1. The number of carbonyl (C=O) groups is 1. The second-order valence-corrected chi connectivity index (χ2v) is 6.62. The van der Waals surface area contributed by atoms with Gasteiger partial charge in [-0.2, -0.15) is 0 Å². The Morgan fingerprint density at radius 3 is 2.59 bits per heavy atom. The first kappa shape index (κ1) is 19.2. The molecule has 0 saturated carbocycles. The highest BCUT2D eigenvalue weighted by molar-refractivity contribution is 6.44. The molecule has 1 N–H and O–H groups in total. The Kier molecular flexibility index (Phi) is 6.34. The molecule has 0 spiro atoms. The van der Waals surface area contributed by atoms with Crippen molar-refractivity contribution in [2.75, 3.05) is 32.2 Å². The van der Waals surface area contributed by atoms with Crippen LogP contribution in [-0.4, -0.2) is 55.9 Å². The minimum Gasteiger partial charge on any atom is -0.512 e. The van der Waals surface area contributed by atoms with Gasteiger partial charge in [-0.05, 0) is 31.1 Å². The van der Waals surface area contributed by atoms with E-state index in [0.29, 0.717) is 23.7 Å². The zero-order valence-electron chi connectivity index (χ0n) is 15.6. The van der Waals surface area contributed by atoms with E-state index in [1.165, 1.54) is 0 Å². The number of hydrogen-bond donors (Lipinski definition) is 1. The number of piperidine rings is 1. The molecule has 27 heavy (non-hydrogen) atoms. The van der Waals surface area contributed by atoms with Crippen LogP contribution in [0.25, 0.3) is 10.9 Å². The molecule has 3 rings (SSSR count). The molecule has 8 nitrogen and oxygen atoms in total. The molecule has 1 aliphatic heterocycles. The van der Waals surface area contributed by atoms with Gasteiger partial charge in [0.15, 0.2) is 11.5 Å². The molecule has 0 bridgehead atoms. The molecule has 1 aliphatic rings. The van der Waals surface area contributed by atoms with Gasteiger partial charge < -0.3 is 24.1 Å². The Morgan fingerprint density at radius 1 is 1.22 bits per heavy atom. The average Bonchev–Trinajstić information content (AvgIpc) is 2.71. The van der Waals surface area contributed by atoms with Crippen molar-refractivity contribution < 1.29 is 23.9 Å². The molecule has 2 heterocycles. The highest BCUT2D eigenvalue weighted by Crippen LogP contribution is 2.36. The average molecular weight is 373 g/mol. The molecule has 1 fully saturated rings. The summed E-state index contributed by atoms with van der Waals surface area (Å²) in [6.45, 7) is 2.03. The van der Waals surface area contributed by atoms with E-state index in [1.807, 2.05) is 12.1 Å².